The number of isocyanates is 1. The predicted molar refractivity (Wildman–Crippen MR) is 63.0 cm³/mol. The SMILES string of the molecule is CCO[Si](CCCN=C=O)(OCC)OCC.[Ti]. The van der Waals surface area contributed by atoms with Crippen LogP contribution in [-0.2, 0) is 39.8 Å². The van der Waals surface area contributed by atoms with Crippen LogP contribution < -0.4 is 0 Å². The summed E-state index contributed by atoms with van der Waals surface area (Å²) in [4.78, 5) is 13.4. The minimum Gasteiger partial charge on any atom is -0.374 e. The Morgan fingerprint density at radius 3 is 1.88 bits per heavy atom. The second-order valence-corrected chi connectivity index (χ2v) is 5.79. The zero-order valence-electron chi connectivity index (χ0n) is 10.8. The zero-order chi connectivity index (χ0) is 12.3. The molecule has 7 heteroatoms. The summed E-state index contributed by atoms with van der Waals surface area (Å²) in [5, 5.41) is 0. The summed E-state index contributed by atoms with van der Waals surface area (Å²) in [5.41, 5.74) is 0. The first-order chi connectivity index (χ1) is 7.74. The number of aliphatic imine (C=N–C) groups is 1. The number of carbonyl (C=O) groups excluding carboxylic acids is 1. The maximum absolute atomic E-state index is 9.93. The molecule has 0 radical (unpaired) electrons. The molecule has 0 bridgehead atoms. The summed E-state index contributed by atoms with van der Waals surface area (Å²) >= 11 is 0. The molecular formula is C10H21NO4SiTi. The number of nitrogens with zero attached hydrogens (tertiary/aromatic N) is 1. The van der Waals surface area contributed by atoms with Gasteiger partial charge in [-0.15, -0.1) is 0 Å². The third kappa shape index (κ3) is 8.85. The van der Waals surface area contributed by atoms with Gasteiger partial charge < -0.3 is 13.3 Å². The molecule has 0 fully saturated rings. The Kier molecular flexibility index (Phi) is 14.5. The van der Waals surface area contributed by atoms with Crippen LogP contribution in [0.3, 0.4) is 0 Å². The van der Waals surface area contributed by atoms with Gasteiger partial charge in [0.25, 0.3) is 0 Å². The van der Waals surface area contributed by atoms with E-state index in [0.717, 1.165) is 6.42 Å². The number of hydrogen-bond donors (Lipinski definition) is 0. The van der Waals surface area contributed by atoms with E-state index in [-0.39, 0.29) is 21.7 Å². The maximum atomic E-state index is 9.93. The van der Waals surface area contributed by atoms with Gasteiger partial charge in [-0.1, -0.05) is 0 Å². The molecule has 0 aliphatic heterocycles. The largest absolute Gasteiger partial charge is 0.500 e. The van der Waals surface area contributed by atoms with Crippen LogP contribution >= 0.6 is 0 Å². The first-order valence-corrected chi connectivity index (χ1v) is 7.63. The van der Waals surface area contributed by atoms with Crippen LogP contribution in [-0.4, -0.2) is 41.2 Å². The van der Waals surface area contributed by atoms with Crippen molar-refractivity contribution in [3.05, 3.63) is 0 Å². The van der Waals surface area contributed by atoms with Crippen LogP contribution in [0.1, 0.15) is 27.2 Å². The summed E-state index contributed by atoms with van der Waals surface area (Å²) in [7, 11) is -2.54. The molecule has 0 heterocycles. The van der Waals surface area contributed by atoms with Gasteiger partial charge in [-0.25, -0.2) is 9.79 Å². The molecule has 0 unspecified atom stereocenters. The first kappa shape index (κ1) is 19.5. The van der Waals surface area contributed by atoms with Crippen LogP contribution in [0.15, 0.2) is 4.99 Å². The van der Waals surface area contributed by atoms with Crippen molar-refractivity contribution in [3.63, 3.8) is 0 Å². The van der Waals surface area contributed by atoms with E-state index in [1.807, 2.05) is 20.8 Å². The van der Waals surface area contributed by atoms with Gasteiger partial charge in [-0.2, -0.15) is 0 Å². The molecule has 0 atom stereocenters. The summed E-state index contributed by atoms with van der Waals surface area (Å²) in [6.45, 7) is 7.93. The monoisotopic (exact) mass is 295 g/mol. The predicted octanol–water partition coefficient (Wildman–Crippen LogP) is 1.76. The van der Waals surface area contributed by atoms with Crippen molar-refractivity contribution in [3.8, 4) is 0 Å². The summed E-state index contributed by atoms with van der Waals surface area (Å²) < 4.78 is 16.9. The van der Waals surface area contributed by atoms with Crippen LogP contribution in [0.2, 0.25) is 6.04 Å². The van der Waals surface area contributed by atoms with Crippen molar-refractivity contribution in [2.24, 2.45) is 4.99 Å². The first-order valence-electron chi connectivity index (χ1n) is 5.70. The molecule has 0 saturated heterocycles. The molecule has 98 valence electrons. The Hall–Kier alpha value is 0.191. The van der Waals surface area contributed by atoms with Crippen molar-refractivity contribution in [1.29, 1.82) is 0 Å². The van der Waals surface area contributed by atoms with Crippen LogP contribution in [0.4, 0.5) is 0 Å². The molecule has 0 aromatic carbocycles. The molecule has 0 saturated carbocycles. The Labute approximate surface area is 119 Å². The van der Waals surface area contributed by atoms with E-state index in [1.54, 1.807) is 0 Å². The van der Waals surface area contributed by atoms with Gasteiger partial charge in [0.15, 0.2) is 0 Å². The Bertz CT molecular complexity index is 207. The second kappa shape index (κ2) is 12.6. The molecule has 0 aromatic heterocycles. The fraction of sp³-hybridized carbons (Fsp3) is 0.900. The number of rotatable bonds is 10. The summed E-state index contributed by atoms with van der Waals surface area (Å²) in [6.07, 6.45) is 2.24. The summed E-state index contributed by atoms with van der Waals surface area (Å²) in [5.74, 6) is 0. The van der Waals surface area contributed by atoms with Gasteiger partial charge in [-0.05, 0) is 27.2 Å². The standard InChI is InChI=1S/C10H21NO4Si.Ti/c1-4-13-16(14-5-2,15-6-3)9-7-8-11-10-12;/h4-9H2,1-3H3;. The van der Waals surface area contributed by atoms with E-state index in [0.29, 0.717) is 32.4 Å². The molecule has 0 amide bonds. The Balaban J connectivity index is 0. The fourth-order valence-electron chi connectivity index (χ4n) is 1.42. The average molecular weight is 295 g/mol. The van der Waals surface area contributed by atoms with E-state index < -0.39 is 8.80 Å². The van der Waals surface area contributed by atoms with Gasteiger partial charge in [0.05, 0.1) is 6.54 Å². The molecule has 0 aliphatic rings. The average Bonchev–Trinajstić information content (AvgIpc) is 2.26. The third-order valence-corrected chi connectivity index (χ3v) is 5.06. The van der Waals surface area contributed by atoms with Crippen molar-refractivity contribution in [2.75, 3.05) is 26.4 Å². The fourth-order valence-corrected chi connectivity index (χ4v) is 4.02. The third-order valence-electron chi connectivity index (χ3n) is 1.91. The van der Waals surface area contributed by atoms with Gasteiger partial charge in [0.2, 0.25) is 6.08 Å². The van der Waals surface area contributed by atoms with E-state index in [9.17, 15) is 4.79 Å². The maximum Gasteiger partial charge on any atom is 0.500 e. The Morgan fingerprint density at radius 1 is 1.06 bits per heavy atom. The van der Waals surface area contributed by atoms with Crippen molar-refractivity contribution < 1.29 is 39.8 Å². The van der Waals surface area contributed by atoms with Crippen LogP contribution in [0.5, 0.6) is 0 Å². The smallest absolute Gasteiger partial charge is 0.374 e. The van der Waals surface area contributed by atoms with Gasteiger partial charge in [0.1, 0.15) is 0 Å². The molecule has 0 N–H and O–H groups in total. The minimum atomic E-state index is -2.54. The molecule has 17 heavy (non-hydrogen) atoms. The molecule has 0 rings (SSSR count). The minimum absolute atomic E-state index is 0. The second-order valence-electron chi connectivity index (χ2n) is 3.06. The van der Waals surface area contributed by atoms with Crippen LogP contribution in [0, 0.1) is 0 Å². The summed E-state index contributed by atoms with van der Waals surface area (Å²) in [6, 6.07) is 0.688. The van der Waals surface area contributed by atoms with Crippen molar-refractivity contribution >= 4 is 14.9 Å². The van der Waals surface area contributed by atoms with E-state index in [2.05, 4.69) is 4.99 Å². The zero-order valence-corrected chi connectivity index (χ0v) is 13.4. The van der Waals surface area contributed by atoms with Gasteiger partial charge in [-0.3, -0.25) is 0 Å². The van der Waals surface area contributed by atoms with E-state index in [1.165, 1.54) is 6.08 Å². The quantitative estimate of drug-likeness (QED) is 0.267. The molecule has 0 aliphatic carbocycles. The molecule has 5 nitrogen and oxygen atoms in total. The van der Waals surface area contributed by atoms with Crippen LogP contribution in [0.25, 0.3) is 0 Å². The van der Waals surface area contributed by atoms with Gasteiger partial charge >= 0.3 is 8.80 Å². The molecular weight excluding hydrogens is 274 g/mol. The van der Waals surface area contributed by atoms with Crippen molar-refractivity contribution in [1.82, 2.24) is 0 Å². The number of hydrogen-bond acceptors (Lipinski definition) is 5. The normalized spacial score (nSPS) is 10.5. The molecule has 0 spiro atoms. The van der Waals surface area contributed by atoms with E-state index in [4.69, 9.17) is 13.3 Å². The van der Waals surface area contributed by atoms with Gasteiger partial charge in [0, 0.05) is 47.6 Å². The Morgan fingerprint density at radius 2 is 1.53 bits per heavy atom. The van der Waals surface area contributed by atoms with E-state index >= 15 is 0 Å². The topological polar surface area (TPSA) is 57.1 Å². The van der Waals surface area contributed by atoms with Crippen molar-refractivity contribution in [2.45, 2.75) is 33.2 Å². The molecule has 0 aromatic rings.